The number of halogens is 2. The number of hydrogen-bond acceptors (Lipinski definition) is 0. The molecule has 0 spiro atoms. The molecule has 0 nitrogen and oxygen atoms in total. The van der Waals surface area contributed by atoms with Gasteiger partial charge < -0.3 is 0 Å². The summed E-state index contributed by atoms with van der Waals surface area (Å²) in [6.07, 6.45) is 4.52. The van der Waals surface area contributed by atoms with E-state index in [4.69, 9.17) is 23.2 Å². The van der Waals surface area contributed by atoms with E-state index in [0.29, 0.717) is 11.8 Å². The molecule has 0 aliphatic heterocycles. The molecule has 2 atom stereocenters. The summed E-state index contributed by atoms with van der Waals surface area (Å²) in [4.78, 5) is 0. The lowest BCUT2D eigenvalue weighted by atomic mass is 9.69. The van der Waals surface area contributed by atoms with E-state index in [9.17, 15) is 0 Å². The van der Waals surface area contributed by atoms with Crippen LogP contribution in [0.1, 0.15) is 27.7 Å². The minimum Gasteiger partial charge on any atom is -0.125 e. The highest BCUT2D eigenvalue weighted by molar-refractivity contribution is 6.19. The van der Waals surface area contributed by atoms with Gasteiger partial charge in [0, 0.05) is 22.6 Å². The van der Waals surface area contributed by atoms with Crippen LogP contribution in [0, 0.1) is 10.8 Å². The SMILES string of the molecule is CC1=CC(C)(CCl)C(C)=CC1(C)CCl. The average Bonchev–Trinajstić information content (AvgIpc) is 2.15. The molecule has 0 aromatic carbocycles. The second-order valence-corrected chi connectivity index (χ2v) is 5.29. The van der Waals surface area contributed by atoms with Crippen LogP contribution in [0.5, 0.6) is 0 Å². The molecule has 1 aliphatic carbocycles. The predicted octanol–water partition coefficient (Wildman–Crippen LogP) is 4.38. The first kappa shape index (κ1) is 12.1. The van der Waals surface area contributed by atoms with Crippen molar-refractivity contribution in [2.75, 3.05) is 11.8 Å². The summed E-state index contributed by atoms with van der Waals surface area (Å²) in [5, 5.41) is 0. The van der Waals surface area contributed by atoms with Crippen LogP contribution in [-0.4, -0.2) is 11.8 Å². The normalized spacial score (nSPS) is 37.9. The summed E-state index contributed by atoms with van der Waals surface area (Å²) in [5.41, 5.74) is 2.66. The summed E-state index contributed by atoms with van der Waals surface area (Å²) < 4.78 is 0. The molecule has 0 amide bonds. The van der Waals surface area contributed by atoms with Gasteiger partial charge in [-0.2, -0.15) is 0 Å². The van der Waals surface area contributed by atoms with Crippen molar-refractivity contribution in [1.82, 2.24) is 0 Å². The zero-order chi connectivity index (χ0) is 11.0. The largest absolute Gasteiger partial charge is 0.125 e. The minimum absolute atomic E-state index is 0.0111. The molecule has 2 unspecified atom stereocenters. The summed E-state index contributed by atoms with van der Waals surface area (Å²) >= 11 is 12.0. The molecule has 0 aromatic heterocycles. The Hall–Kier alpha value is 0.0600. The second-order valence-electron chi connectivity index (χ2n) is 4.76. The van der Waals surface area contributed by atoms with E-state index in [2.05, 4.69) is 39.8 Å². The Morgan fingerprint density at radius 2 is 1.21 bits per heavy atom. The minimum atomic E-state index is 0.0111. The standard InChI is InChI=1S/C12H18Cl2/c1-9-5-12(4,8-14)10(2)6-11(9,3)7-13/h5-6H,7-8H2,1-4H3. The van der Waals surface area contributed by atoms with Crippen LogP contribution in [0.25, 0.3) is 0 Å². The Kier molecular flexibility index (Phi) is 3.38. The first-order valence-corrected chi connectivity index (χ1v) is 5.97. The molecule has 2 heteroatoms. The van der Waals surface area contributed by atoms with Gasteiger partial charge in [0.1, 0.15) is 0 Å². The summed E-state index contributed by atoms with van der Waals surface area (Å²) in [7, 11) is 0. The van der Waals surface area contributed by atoms with E-state index < -0.39 is 0 Å². The van der Waals surface area contributed by atoms with Crippen molar-refractivity contribution in [3.63, 3.8) is 0 Å². The van der Waals surface area contributed by atoms with Gasteiger partial charge in [0.15, 0.2) is 0 Å². The highest BCUT2D eigenvalue weighted by Crippen LogP contribution is 2.44. The van der Waals surface area contributed by atoms with Crippen LogP contribution >= 0.6 is 23.2 Å². The van der Waals surface area contributed by atoms with Crippen molar-refractivity contribution in [3.05, 3.63) is 23.3 Å². The molecular formula is C12H18Cl2. The summed E-state index contributed by atoms with van der Waals surface area (Å²) in [5.74, 6) is 1.26. The molecule has 0 heterocycles. The van der Waals surface area contributed by atoms with Crippen molar-refractivity contribution < 1.29 is 0 Å². The van der Waals surface area contributed by atoms with Crippen molar-refractivity contribution in [1.29, 1.82) is 0 Å². The van der Waals surface area contributed by atoms with E-state index in [1.165, 1.54) is 11.1 Å². The first-order chi connectivity index (χ1) is 6.38. The molecule has 1 rings (SSSR count). The van der Waals surface area contributed by atoms with Gasteiger partial charge in [-0.05, 0) is 13.8 Å². The Morgan fingerprint density at radius 1 is 0.929 bits per heavy atom. The molecule has 0 saturated carbocycles. The fourth-order valence-electron chi connectivity index (χ4n) is 1.80. The van der Waals surface area contributed by atoms with Gasteiger partial charge >= 0.3 is 0 Å². The third-order valence-electron chi connectivity index (χ3n) is 3.43. The number of rotatable bonds is 2. The molecule has 0 fully saturated rings. The van der Waals surface area contributed by atoms with Crippen molar-refractivity contribution in [2.24, 2.45) is 10.8 Å². The Labute approximate surface area is 97.0 Å². The molecule has 1 aliphatic rings. The van der Waals surface area contributed by atoms with Gasteiger partial charge in [0.05, 0.1) is 0 Å². The predicted molar refractivity (Wildman–Crippen MR) is 65.2 cm³/mol. The number of hydrogen-bond donors (Lipinski definition) is 0. The molecule has 0 radical (unpaired) electrons. The van der Waals surface area contributed by atoms with Crippen molar-refractivity contribution >= 4 is 23.2 Å². The van der Waals surface area contributed by atoms with Gasteiger partial charge in [-0.3, -0.25) is 0 Å². The third-order valence-corrected chi connectivity index (χ3v) is 4.54. The third kappa shape index (κ3) is 1.87. The summed E-state index contributed by atoms with van der Waals surface area (Å²) in [6.45, 7) is 8.61. The van der Waals surface area contributed by atoms with E-state index in [-0.39, 0.29) is 10.8 Å². The van der Waals surface area contributed by atoms with Crippen molar-refractivity contribution in [2.45, 2.75) is 27.7 Å². The smallest absolute Gasteiger partial charge is 0.0349 e. The van der Waals surface area contributed by atoms with Crippen LogP contribution in [0.15, 0.2) is 23.3 Å². The average molecular weight is 233 g/mol. The van der Waals surface area contributed by atoms with Gasteiger partial charge in [-0.1, -0.05) is 37.1 Å². The topological polar surface area (TPSA) is 0 Å². The van der Waals surface area contributed by atoms with Gasteiger partial charge in [-0.15, -0.1) is 23.2 Å². The highest BCUT2D eigenvalue weighted by atomic mass is 35.5. The maximum absolute atomic E-state index is 6.00. The Morgan fingerprint density at radius 3 is 1.43 bits per heavy atom. The lowest BCUT2D eigenvalue weighted by Gasteiger charge is -2.38. The van der Waals surface area contributed by atoms with E-state index in [0.717, 1.165) is 0 Å². The maximum atomic E-state index is 6.00. The van der Waals surface area contributed by atoms with Crippen LogP contribution in [0.3, 0.4) is 0 Å². The maximum Gasteiger partial charge on any atom is 0.0349 e. The Balaban J connectivity index is 3.14. The van der Waals surface area contributed by atoms with Gasteiger partial charge in [0.25, 0.3) is 0 Å². The molecule has 0 aromatic rings. The zero-order valence-electron chi connectivity index (χ0n) is 9.32. The van der Waals surface area contributed by atoms with E-state index in [1.807, 2.05) is 0 Å². The fraction of sp³-hybridized carbons (Fsp3) is 0.667. The van der Waals surface area contributed by atoms with Gasteiger partial charge in [-0.25, -0.2) is 0 Å². The number of alkyl halides is 2. The molecular weight excluding hydrogens is 215 g/mol. The lowest BCUT2D eigenvalue weighted by molar-refractivity contribution is 0.486. The lowest BCUT2D eigenvalue weighted by Crippen LogP contribution is -2.29. The van der Waals surface area contributed by atoms with E-state index in [1.54, 1.807) is 0 Å². The quantitative estimate of drug-likeness (QED) is 0.490. The molecule has 0 saturated heterocycles. The molecule has 0 N–H and O–H groups in total. The van der Waals surface area contributed by atoms with E-state index >= 15 is 0 Å². The Bertz CT molecular complexity index is 261. The molecule has 14 heavy (non-hydrogen) atoms. The summed E-state index contributed by atoms with van der Waals surface area (Å²) in [6, 6.07) is 0. The highest BCUT2D eigenvalue weighted by Gasteiger charge is 2.34. The monoisotopic (exact) mass is 232 g/mol. The van der Waals surface area contributed by atoms with Crippen LogP contribution < -0.4 is 0 Å². The van der Waals surface area contributed by atoms with Crippen molar-refractivity contribution in [3.8, 4) is 0 Å². The first-order valence-electron chi connectivity index (χ1n) is 4.90. The van der Waals surface area contributed by atoms with Crippen LogP contribution in [0.2, 0.25) is 0 Å². The van der Waals surface area contributed by atoms with Crippen LogP contribution in [-0.2, 0) is 0 Å². The second kappa shape index (κ2) is 3.90. The molecule has 0 bridgehead atoms. The van der Waals surface area contributed by atoms with Crippen LogP contribution in [0.4, 0.5) is 0 Å². The fourth-order valence-corrected chi connectivity index (χ4v) is 2.38. The number of allylic oxidation sites excluding steroid dienone is 4. The van der Waals surface area contributed by atoms with Gasteiger partial charge in [0.2, 0.25) is 0 Å². The zero-order valence-corrected chi connectivity index (χ0v) is 10.8. The molecule has 80 valence electrons.